The number of ether oxygens (including phenoxy) is 1. The van der Waals surface area contributed by atoms with E-state index >= 15 is 0 Å². The van der Waals surface area contributed by atoms with Crippen molar-refractivity contribution in [2.75, 3.05) is 6.61 Å². The van der Waals surface area contributed by atoms with Crippen LogP contribution in [0.1, 0.15) is 49.4 Å². The van der Waals surface area contributed by atoms with E-state index in [1.54, 1.807) is 6.20 Å². The smallest absolute Gasteiger partial charge is 0.197 e. The van der Waals surface area contributed by atoms with E-state index in [1.807, 2.05) is 0 Å². The summed E-state index contributed by atoms with van der Waals surface area (Å²) in [6.45, 7) is 0.561. The number of hydrogen-bond acceptors (Lipinski definition) is 4. The summed E-state index contributed by atoms with van der Waals surface area (Å²) in [4.78, 5) is 8.24. The first kappa shape index (κ1) is 14.1. The second-order valence-corrected chi connectivity index (χ2v) is 5.44. The molecule has 0 spiro atoms. The van der Waals surface area contributed by atoms with Crippen LogP contribution in [0.25, 0.3) is 0 Å². The Labute approximate surface area is 122 Å². The molecule has 21 heavy (non-hydrogen) atoms. The van der Waals surface area contributed by atoms with E-state index in [4.69, 9.17) is 14.6 Å². The number of hydrogen-bond donors (Lipinski definition) is 1. The van der Waals surface area contributed by atoms with Crippen LogP contribution >= 0.6 is 0 Å². The topological polar surface area (TPSA) is 71.5 Å². The molecule has 5 nitrogen and oxygen atoms in total. The molecule has 3 rings (SSSR count). The third-order valence-electron chi connectivity index (χ3n) is 3.83. The van der Waals surface area contributed by atoms with Gasteiger partial charge in [-0.3, -0.25) is 5.41 Å². The number of rotatable bonds is 4. The summed E-state index contributed by atoms with van der Waals surface area (Å²) >= 11 is 0. The number of aliphatic imine (C=N–C) groups is 1. The minimum absolute atomic E-state index is 0.00230. The van der Waals surface area contributed by atoms with Gasteiger partial charge in [0.05, 0.1) is 12.5 Å². The van der Waals surface area contributed by atoms with Gasteiger partial charge in [0.25, 0.3) is 0 Å². The molecule has 0 aromatic carbocycles. The van der Waals surface area contributed by atoms with Gasteiger partial charge in [0, 0.05) is 24.7 Å². The van der Waals surface area contributed by atoms with Crippen molar-refractivity contribution in [1.82, 2.24) is 4.98 Å². The van der Waals surface area contributed by atoms with Crippen molar-refractivity contribution in [3.05, 3.63) is 30.3 Å². The fourth-order valence-electron chi connectivity index (χ4n) is 2.47. The van der Waals surface area contributed by atoms with Crippen molar-refractivity contribution in [3.8, 4) is 0 Å². The predicted octanol–water partition coefficient (Wildman–Crippen LogP) is 3.55. The standard InChI is InChI=1S/C15H18FN3O2/c16-5-1-6-18-14(17)11-4-7-20-12(8-11)13-9-19-15(21-13)10-2-3-10/h1,5-6,9-12,17H,2-4,7-8H2/b5-1-,17-14?,18-6?/t11-,12-/m0/s1. The third kappa shape index (κ3) is 3.44. The van der Waals surface area contributed by atoms with Crippen LogP contribution < -0.4 is 0 Å². The number of halogens is 1. The summed E-state index contributed by atoms with van der Waals surface area (Å²) < 4.78 is 23.4. The second kappa shape index (κ2) is 6.30. The lowest BCUT2D eigenvalue weighted by Gasteiger charge is -2.27. The van der Waals surface area contributed by atoms with Gasteiger partial charge >= 0.3 is 0 Å². The molecule has 1 aliphatic carbocycles. The molecule has 2 heterocycles. The molecule has 1 saturated carbocycles. The van der Waals surface area contributed by atoms with Crippen LogP contribution in [0.5, 0.6) is 0 Å². The first-order valence-corrected chi connectivity index (χ1v) is 7.23. The molecule has 2 aliphatic rings. The van der Waals surface area contributed by atoms with Crippen molar-refractivity contribution in [3.63, 3.8) is 0 Å². The molecular formula is C15H18FN3O2. The zero-order valence-corrected chi connectivity index (χ0v) is 11.7. The van der Waals surface area contributed by atoms with Gasteiger partial charge in [-0.05, 0) is 31.8 Å². The lowest BCUT2D eigenvalue weighted by atomic mass is 9.93. The van der Waals surface area contributed by atoms with Gasteiger partial charge in [-0.15, -0.1) is 0 Å². The highest BCUT2D eigenvalue weighted by Gasteiger charge is 2.32. The first-order valence-electron chi connectivity index (χ1n) is 7.23. The lowest BCUT2D eigenvalue weighted by molar-refractivity contribution is -0.0104. The van der Waals surface area contributed by atoms with Crippen LogP contribution in [0.2, 0.25) is 0 Å². The quantitative estimate of drug-likeness (QED) is 0.681. The number of oxazole rings is 1. The normalized spacial score (nSPS) is 26.7. The number of amidine groups is 1. The maximum atomic E-state index is 11.9. The maximum Gasteiger partial charge on any atom is 0.197 e. The van der Waals surface area contributed by atoms with Gasteiger partial charge in [-0.1, -0.05) is 0 Å². The summed E-state index contributed by atoms with van der Waals surface area (Å²) in [7, 11) is 0. The molecule has 1 N–H and O–H groups in total. The predicted molar refractivity (Wildman–Crippen MR) is 76.4 cm³/mol. The van der Waals surface area contributed by atoms with Crippen LogP contribution in [0.4, 0.5) is 4.39 Å². The molecule has 0 radical (unpaired) electrons. The van der Waals surface area contributed by atoms with E-state index in [9.17, 15) is 4.39 Å². The van der Waals surface area contributed by atoms with E-state index in [2.05, 4.69) is 9.98 Å². The maximum absolute atomic E-state index is 11.9. The molecule has 1 aliphatic heterocycles. The third-order valence-corrected chi connectivity index (χ3v) is 3.83. The van der Waals surface area contributed by atoms with Gasteiger partial charge in [-0.2, -0.15) is 0 Å². The van der Waals surface area contributed by atoms with Crippen LogP contribution in [-0.2, 0) is 4.74 Å². The first-order chi connectivity index (χ1) is 10.3. The highest BCUT2D eigenvalue weighted by atomic mass is 19.1. The molecule has 2 fully saturated rings. The Morgan fingerprint density at radius 1 is 1.43 bits per heavy atom. The van der Waals surface area contributed by atoms with E-state index in [1.165, 1.54) is 12.3 Å². The van der Waals surface area contributed by atoms with Crippen LogP contribution in [-0.4, -0.2) is 23.6 Å². The Balaban J connectivity index is 1.62. The van der Waals surface area contributed by atoms with E-state index < -0.39 is 0 Å². The molecule has 6 heteroatoms. The molecule has 1 saturated heterocycles. The van der Waals surface area contributed by atoms with Crippen LogP contribution in [0.15, 0.2) is 28.0 Å². The molecule has 0 amide bonds. The highest BCUT2D eigenvalue weighted by Crippen LogP contribution is 2.41. The van der Waals surface area contributed by atoms with Crippen molar-refractivity contribution < 1.29 is 13.5 Å². The Bertz CT molecular complexity index is 563. The van der Waals surface area contributed by atoms with E-state index in [-0.39, 0.29) is 17.9 Å². The molecule has 112 valence electrons. The molecule has 2 atom stereocenters. The summed E-state index contributed by atoms with van der Waals surface area (Å²) in [5.74, 6) is 2.28. The zero-order chi connectivity index (χ0) is 14.7. The summed E-state index contributed by atoms with van der Waals surface area (Å²) in [6, 6.07) is 0. The van der Waals surface area contributed by atoms with E-state index in [0.29, 0.717) is 25.3 Å². The Hall–Kier alpha value is -1.82. The Morgan fingerprint density at radius 2 is 2.29 bits per heavy atom. The summed E-state index contributed by atoms with van der Waals surface area (Å²) in [5, 5.41) is 7.94. The molecule has 1 aromatic heterocycles. The molecule has 0 bridgehead atoms. The average molecular weight is 291 g/mol. The van der Waals surface area contributed by atoms with Crippen LogP contribution in [0, 0.1) is 11.3 Å². The zero-order valence-electron chi connectivity index (χ0n) is 11.7. The number of aromatic nitrogens is 1. The fraction of sp³-hybridized carbons (Fsp3) is 0.533. The molecule has 0 unspecified atom stereocenters. The summed E-state index contributed by atoms with van der Waals surface area (Å²) in [6.07, 6.45) is 8.12. The summed E-state index contributed by atoms with van der Waals surface area (Å²) in [5.41, 5.74) is 0. The van der Waals surface area contributed by atoms with Gasteiger partial charge in [-0.25, -0.2) is 14.4 Å². The largest absolute Gasteiger partial charge is 0.443 e. The Kier molecular flexibility index (Phi) is 4.24. The van der Waals surface area contributed by atoms with Crippen molar-refractivity contribution >= 4 is 12.1 Å². The SMILES string of the molecule is N=C(N=C/C=C\F)[C@H]1CCO[C@H](c2cnc(C3CC3)o2)C1. The highest BCUT2D eigenvalue weighted by molar-refractivity contribution is 5.91. The number of nitrogens with zero attached hydrogens (tertiary/aromatic N) is 2. The van der Waals surface area contributed by atoms with Gasteiger partial charge in [0.15, 0.2) is 11.7 Å². The van der Waals surface area contributed by atoms with Crippen LogP contribution in [0.3, 0.4) is 0 Å². The lowest BCUT2D eigenvalue weighted by Crippen LogP contribution is -2.24. The van der Waals surface area contributed by atoms with Crippen molar-refractivity contribution in [2.45, 2.75) is 37.7 Å². The number of nitrogens with one attached hydrogen (secondary N) is 1. The fourth-order valence-corrected chi connectivity index (χ4v) is 2.47. The van der Waals surface area contributed by atoms with Gasteiger partial charge in [0.1, 0.15) is 11.9 Å². The second-order valence-electron chi connectivity index (χ2n) is 5.44. The molecule has 1 aromatic rings. The number of allylic oxidation sites excluding steroid dienone is 1. The van der Waals surface area contributed by atoms with Crippen molar-refractivity contribution in [2.24, 2.45) is 10.9 Å². The average Bonchev–Trinajstić information content (AvgIpc) is 3.25. The monoisotopic (exact) mass is 291 g/mol. The molecular weight excluding hydrogens is 273 g/mol. The van der Waals surface area contributed by atoms with Gasteiger partial charge < -0.3 is 9.15 Å². The minimum Gasteiger partial charge on any atom is -0.443 e. The van der Waals surface area contributed by atoms with Gasteiger partial charge in [0.2, 0.25) is 0 Å². The minimum atomic E-state index is -0.170. The Morgan fingerprint density at radius 3 is 3.05 bits per heavy atom. The van der Waals surface area contributed by atoms with Crippen molar-refractivity contribution in [1.29, 1.82) is 5.41 Å². The van der Waals surface area contributed by atoms with E-state index in [0.717, 1.165) is 30.9 Å².